The molecule has 0 saturated heterocycles. The molecule has 1 aliphatic rings. The van der Waals surface area contributed by atoms with Crippen LogP contribution in [0.15, 0.2) is 138 Å². The Bertz CT molecular complexity index is 1950. The van der Waals surface area contributed by atoms with E-state index in [4.69, 9.17) is 0 Å². The Morgan fingerprint density at radius 2 is 1.59 bits per heavy atom. The van der Waals surface area contributed by atoms with Crippen LogP contribution in [0.3, 0.4) is 0 Å². The molecule has 0 unspecified atom stereocenters. The van der Waals surface area contributed by atoms with Gasteiger partial charge in [-0.1, -0.05) is 122 Å². The number of nitrogens with one attached hydrogen (secondary N) is 1. The van der Waals surface area contributed by atoms with Crippen LogP contribution < -0.4 is 5.32 Å². The van der Waals surface area contributed by atoms with Crippen LogP contribution in [-0.2, 0) is 20.8 Å². The highest BCUT2D eigenvalue weighted by molar-refractivity contribution is 8.14. The monoisotopic (exact) mass is 668 g/mol. The number of thioether (sulfide) groups is 1. The largest absolute Gasteiger partial charge is 0.344 e. The van der Waals surface area contributed by atoms with Crippen molar-refractivity contribution in [2.24, 2.45) is 4.99 Å². The summed E-state index contributed by atoms with van der Waals surface area (Å²) in [4.78, 5) is 47.0. The Labute approximate surface area is 292 Å². The van der Waals surface area contributed by atoms with Crippen molar-refractivity contribution in [3.8, 4) is 5.69 Å². The van der Waals surface area contributed by atoms with Crippen molar-refractivity contribution in [1.29, 1.82) is 0 Å². The lowest BCUT2D eigenvalue weighted by atomic mass is 9.99. The number of aliphatic imine (C=N–C) groups is 1. The van der Waals surface area contributed by atoms with Gasteiger partial charge in [0, 0.05) is 22.8 Å². The fourth-order valence-corrected chi connectivity index (χ4v) is 6.69. The standard InChI is InChI=1S/C41H40N4O3S/c1-6-9-23-34(8-3)45-40(48)35(26-33-25-28(4)44(29(33)5)36-24-17-16-18-30(36)7-2)39(47)43-41(45)49-27-37(46)42-38(31-19-12-10-13-20-31)32-21-14-11-15-22-32/h6,8-26,38H,1,7,27H2,2-5H3,(H,42,46)/b23-9-,34-8+,35-26+. The third-order valence-corrected chi connectivity index (χ3v) is 9.24. The van der Waals surface area contributed by atoms with Gasteiger partial charge in [-0.3, -0.25) is 19.3 Å². The van der Waals surface area contributed by atoms with Gasteiger partial charge in [-0.15, -0.1) is 0 Å². The number of allylic oxidation sites excluding steroid dienone is 4. The van der Waals surface area contributed by atoms with E-state index < -0.39 is 11.8 Å². The Balaban J connectivity index is 1.46. The second-order valence-electron chi connectivity index (χ2n) is 11.5. The SMILES string of the molecule is C=C/C=C\C(=C/C)N1C(=O)/C(=C/c2cc(C)n(-c3ccccc3CC)c2C)C(=O)N=C1SCC(=O)NC(c1ccccc1)c1ccccc1. The van der Waals surface area contributed by atoms with E-state index in [9.17, 15) is 14.4 Å². The number of nitrogens with zero attached hydrogens (tertiary/aromatic N) is 3. The first-order chi connectivity index (χ1) is 23.8. The molecule has 0 fully saturated rings. The van der Waals surface area contributed by atoms with Gasteiger partial charge in [0.15, 0.2) is 5.17 Å². The third-order valence-electron chi connectivity index (χ3n) is 8.30. The summed E-state index contributed by atoms with van der Waals surface area (Å²) in [5.41, 5.74) is 7.22. The van der Waals surface area contributed by atoms with Gasteiger partial charge < -0.3 is 9.88 Å². The Morgan fingerprint density at radius 1 is 0.959 bits per heavy atom. The summed E-state index contributed by atoms with van der Waals surface area (Å²) in [6.07, 6.45) is 9.29. The Kier molecular flexibility index (Phi) is 11.4. The summed E-state index contributed by atoms with van der Waals surface area (Å²) in [5, 5.41) is 3.25. The smallest absolute Gasteiger partial charge is 0.285 e. The maximum atomic E-state index is 14.2. The molecular formula is C41H40N4O3S. The number of para-hydroxylation sites is 1. The summed E-state index contributed by atoms with van der Waals surface area (Å²) in [6, 6.07) is 29.3. The molecule has 7 nitrogen and oxygen atoms in total. The van der Waals surface area contributed by atoms with Crippen LogP contribution in [-0.4, -0.2) is 38.1 Å². The zero-order valence-electron chi connectivity index (χ0n) is 28.2. The van der Waals surface area contributed by atoms with Crippen LogP contribution in [0.5, 0.6) is 0 Å². The first kappa shape index (κ1) is 34.9. The number of hydrogen-bond acceptors (Lipinski definition) is 4. The van der Waals surface area contributed by atoms with E-state index in [1.54, 1.807) is 37.3 Å². The molecule has 0 bridgehead atoms. The highest BCUT2D eigenvalue weighted by Gasteiger charge is 2.35. The number of carbonyl (C=O) groups is 3. The number of aryl methyl sites for hydroxylation is 2. The molecule has 0 spiro atoms. The van der Waals surface area contributed by atoms with Gasteiger partial charge in [-0.05, 0) is 73.7 Å². The van der Waals surface area contributed by atoms with E-state index in [2.05, 4.69) is 40.5 Å². The van der Waals surface area contributed by atoms with Crippen molar-refractivity contribution >= 4 is 40.7 Å². The van der Waals surface area contributed by atoms with E-state index in [0.717, 1.165) is 51.9 Å². The lowest BCUT2D eigenvalue weighted by molar-refractivity contribution is -0.126. The topological polar surface area (TPSA) is 83.8 Å². The second-order valence-corrected chi connectivity index (χ2v) is 12.4. The molecule has 0 aliphatic carbocycles. The number of amides is 3. The van der Waals surface area contributed by atoms with E-state index in [0.29, 0.717) is 5.70 Å². The minimum Gasteiger partial charge on any atom is -0.344 e. The number of carbonyl (C=O) groups excluding carboxylic acids is 3. The van der Waals surface area contributed by atoms with Gasteiger partial charge in [-0.2, -0.15) is 4.99 Å². The van der Waals surface area contributed by atoms with Crippen molar-refractivity contribution < 1.29 is 14.4 Å². The molecule has 1 aliphatic heterocycles. The summed E-state index contributed by atoms with van der Waals surface area (Å²) in [5.74, 6) is -1.51. The highest BCUT2D eigenvalue weighted by atomic mass is 32.2. The maximum absolute atomic E-state index is 14.2. The summed E-state index contributed by atoms with van der Waals surface area (Å²) in [7, 11) is 0. The average molecular weight is 669 g/mol. The third kappa shape index (κ3) is 7.82. The molecule has 3 amide bonds. The number of benzene rings is 3. The fraction of sp³-hybridized carbons (Fsp3) is 0.171. The molecule has 248 valence electrons. The van der Waals surface area contributed by atoms with Crippen LogP contribution in [0.4, 0.5) is 0 Å². The number of amidine groups is 1. The molecule has 0 saturated carbocycles. The van der Waals surface area contributed by atoms with Crippen molar-refractivity contribution in [1.82, 2.24) is 14.8 Å². The molecule has 2 heterocycles. The average Bonchev–Trinajstić information content (AvgIpc) is 3.41. The van der Waals surface area contributed by atoms with Crippen molar-refractivity contribution in [2.45, 2.75) is 40.2 Å². The minimum atomic E-state index is -0.655. The predicted molar refractivity (Wildman–Crippen MR) is 200 cm³/mol. The normalized spacial score (nSPS) is 14.6. The molecule has 0 atom stereocenters. The molecular weight excluding hydrogens is 629 g/mol. The highest BCUT2D eigenvalue weighted by Crippen LogP contribution is 2.30. The number of aromatic nitrogens is 1. The quantitative estimate of drug-likeness (QED) is 0.0996. The zero-order valence-corrected chi connectivity index (χ0v) is 29.0. The van der Waals surface area contributed by atoms with Crippen LogP contribution in [0.25, 0.3) is 11.8 Å². The molecule has 1 aromatic heterocycles. The van der Waals surface area contributed by atoms with Crippen molar-refractivity contribution in [3.63, 3.8) is 0 Å². The van der Waals surface area contributed by atoms with E-state index in [1.165, 1.54) is 10.5 Å². The molecule has 1 N–H and O–H groups in total. The first-order valence-corrected chi connectivity index (χ1v) is 17.2. The second kappa shape index (κ2) is 16.1. The molecule has 5 rings (SSSR count). The summed E-state index contributed by atoms with van der Waals surface area (Å²) < 4.78 is 2.15. The summed E-state index contributed by atoms with van der Waals surface area (Å²) in [6.45, 7) is 11.7. The summed E-state index contributed by atoms with van der Waals surface area (Å²) >= 11 is 1.04. The van der Waals surface area contributed by atoms with E-state index in [1.807, 2.05) is 92.7 Å². The molecule has 0 radical (unpaired) electrons. The lowest BCUT2D eigenvalue weighted by Crippen LogP contribution is -2.42. The zero-order chi connectivity index (χ0) is 34.9. The number of rotatable bonds is 11. The van der Waals surface area contributed by atoms with Crippen LogP contribution >= 0.6 is 11.8 Å². The van der Waals surface area contributed by atoms with Gasteiger partial charge in [-0.25, -0.2) is 0 Å². The lowest BCUT2D eigenvalue weighted by Gasteiger charge is -2.28. The Morgan fingerprint density at radius 3 is 2.20 bits per heavy atom. The van der Waals surface area contributed by atoms with E-state index in [-0.39, 0.29) is 28.4 Å². The van der Waals surface area contributed by atoms with E-state index >= 15 is 0 Å². The minimum absolute atomic E-state index is 0.0580. The molecule has 8 heteroatoms. The van der Waals surface area contributed by atoms with Crippen molar-refractivity contribution in [3.05, 3.63) is 167 Å². The van der Waals surface area contributed by atoms with Gasteiger partial charge in [0.1, 0.15) is 5.57 Å². The maximum Gasteiger partial charge on any atom is 0.285 e. The van der Waals surface area contributed by atoms with Crippen LogP contribution in [0.1, 0.15) is 53.5 Å². The van der Waals surface area contributed by atoms with Gasteiger partial charge in [0.25, 0.3) is 11.8 Å². The first-order valence-electron chi connectivity index (χ1n) is 16.2. The molecule has 49 heavy (non-hydrogen) atoms. The van der Waals surface area contributed by atoms with Crippen LogP contribution in [0.2, 0.25) is 0 Å². The molecule has 3 aromatic carbocycles. The Hall–Kier alpha value is -5.47. The predicted octanol–water partition coefficient (Wildman–Crippen LogP) is 8.05. The van der Waals surface area contributed by atoms with Gasteiger partial charge in [0.05, 0.1) is 11.8 Å². The number of hydrogen-bond donors (Lipinski definition) is 1. The fourth-order valence-electron chi connectivity index (χ4n) is 5.88. The van der Waals surface area contributed by atoms with Gasteiger partial charge in [0.2, 0.25) is 5.91 Å². The van der Waals surface area contributed by atoms with Gasteiger partial charge >= 0.3 is 0 Å². The molecule has 4 aromatic rings. The van der Waals surface area contributed by atoms with Crippen molar-refractivity contribution in [2.75, 3.05) is 5.75 Å². The van der Waals surface area contributed by atoms with Crippen LogP contribution in [0, 0.1) is 13.8 Å².